The van der Waals surface area contributed by atoms with Gasteiger partial charge in [-0.25, -0.2) is 4.98 Å². The van der Waals surface area contributed by atoms with Gasteiger partial charge in [-0.05, 0) is 52.3 Å². The Hall–Kier alpha value is -1.13. The molecule has 1 N–H and O–H groups in total. The van der Waals surface area contributed by atoms with Crippen LogP contribution in [0.15, 0.2) is 29.0 Å². The average molecular weight is 336 g/mol. The number of nitrogens with zero attached hydrogens (tertiary/aromatic N) is 2. The van der Waals surface area contributed by atoms with Crippen molar-refractivity contribution in [2.24, 2.45) is 0 Å². The van der Waals surface area contributed by atoms with Crippen molar-refractivity contribution in [3.63, 3.8) is 0 Å². The molecule has 0 saturated heterocycles. The maximum absolute atomic E-state index is 4.40. The molecule has 0 fully saturated rings. The number of benzene rings is 1. The fraction of sp³-hybridized carbons (Fsp3) is 0.438. The second-order valence-electron chi connectivity index (χ2n) is 6.16. The van der Waals surface area contributed by atoms with Gasteiger partial charge >= 0.3 is 0 Å². The highest BCUT2D eigenvalue weighted by atomic mass is 79.9. The number of hydrogen-bond donors (Lipinski definition) is 1. The van der Waals surface area contributed by atoms with Crippen molar-refractivity contribution in [3.05, 3.63) is 46.0 Å². The third-order valence-corrected chi connectivity index (χ3v) is 3.86. The van der Waals surface area contributed by atoms with Crippen LogP contribution < -0.4 is 5.32 Å². The molecule has 1 aromatic carbocycles. The monoisotopic (exact) mass is 335 g/mol. The summed E-state index contributed by atoms with van der Waals surface area (Å²) in [7, 11) is 0. The lowest BCUT2D eigenvalue weighted by atomic mass is 10.1. The number of hydrogen-bond acceptors (Lipinski definition) is 2. The number of rotatable bonds is 3. The summed E-state index contributed by atoms with van der Waals surface area (Å²) >= 11 is 3.56. The minimum Gasteiger partial charge on any atom is -0.308 e. The first-order chi connectivity index (χ1) is 9.28. The van der Waals surface area contributed by atoms with E-state index in [9.17, 15) is 0 Å². The van der Waals surface area contributed by atoms with Crippen LogP contribution in [0.2, 0.25) is 0 Å². The van der Waals surface area contributed by atoms with Gasteiger partial charge in [0, 0.05) is 22.3 Å². The fourth-order valence-electron chi connectivity index (χ4n) is 2.01. The molecular formula is C16H22BrN3. The molecule has 0 bridgehead atoms. The van der Waals surface area contributed by atoms with Crippen LogP contribution in [-0.2, 0) is 6.54 Å². The average Bonchev–Trinajstić information content (AvgIpc) is 2.67. The maximum atomic E-state index is 4.40. The van der Waals surface area contributed by atoms with Gasteiger partial charge in [0.1, 0.15) is 0 Å². The number of aromatic nitrogens is 2. The van der Waals surface area contributed by atoms with Gasteiger partial charge < -0.3 is 9.88 Å². The minimum absolute atomic E-state index is 0.101. The normalized spacial score (nSPS) is 11.9. The Bertz CT molecular complexity index is 609. The van der Waals surface area contributed by atoms with Gasteiger partial charge in [0.2, 0.25) is 0 Å². The van der Waals surface area contributed by atoms with Crippen LogP contribution in [0.4, 0.5) is 0 Å². The third kappa shape index (κ3) is 3.49. The van der Waals surface area contributed by atoms with Gasteiger partial charge in [0.05, 0.1) is 17.7 Å². The van der Waals surface area contributed by atoms with E-state index < -0.39 is 0 Å². The van der Waals surface area contributed by atoms with Crippen LogP contribution in [-0.4, -0.2) is 15.1 Å². The standard InChI is InChI=1S/C16H22BrN3/c1-11-12(2)20(10-18-11)15-8-14(17)7-6-13(15)9-19-16(3,4)5/h6-8,10,19H,9H2,1-5H3. The highest BCUT2D eigenvalue weighted by molar-refractivity contribution is 9.10. The number of imidazole rings is 1. The Labute approximate surface area is 129 Å². The van der Waals surface area contributed by atoms with Crippen molar-refractivity contribution >= 4 is 15.9 Å². The zero-order chi connectivity index (χ0) is 14.9. The first-order valence-corrected chi connectivity index (χ1v) is 7.61. The lowest BCUT2D eigenvalue weighted by Gasteiger charge is -2.22. The van der Waals surface area contributed by atoms with Crippen molar-refractivity contribution < 1.29 is 0 Å². The minimum atomic E-state index is 0.101. The second-order valence-corrected chi connectivity index (χ2v) is 7.08. The summed E-state index contributed by atoms with van der Waals surface area (Å²) in [6.07, 6.45) is 1.90. The summed E-state index contributed by atoms with van der Waals surface area (Å²) in [5, 5.41) is 3.54. The molecule has 1 heterocycles. The van der Waals surface area contributed by atoms with E-state index in [1.807, 2.05) is 13.3 Å². The van der Waals surface area contributed by atoms with E-state index in [-0.39, 0.29) is 5.54 Å². The van der Waals surface area contributed by atoms with Crippen molar-refractivity contribution in [3.8, 4) is 5.69 Å². The lowest BCUT2D eigenvalue weighted by molar-refractivity contribution is 0.424. The first-order valence-electron chi connectivity index (χ1n) is 6.82. The summed E-state index contributed by atoms with van der Waals surface area (Å²) < 4.78 is 3.23. The summed E-state index contributed by atoms with van der Waals surface area (Å²) in [6.45, 7) is 11.5. The highest BCUT2D eigenvalue weighted by Gasteiger charge is 2.13. The van der Waals surface area contributed by atoms with Crippen LogP contribution in [0.5, 0.6) is 0 Å². The van der Waals surface area contributed by atoms with Gasteiger partial charge in [-0.1, -0.05) is 22.0 Å². The number of halogens is 1. The molecule has 2 aromatic rings. The zero-order valence-electron chi connectivity index (χ0n) is 12.8. The molecule has 108 valence electrons. The Balaban J connectivity index is 2.41. The molecule has 3 nitrogen and oxygen atoms in total. The van der Waals surface area contributed by atoms with Crippen LogP contribution in [0.25, 0.3) is 5.69 Å². The third-order valence-electron chi connectivity index (χ3n) is 3.37. The van der Waals surface area contributed by atoms with Crippen LogP contribution in [0.3, 0.4) is 0 Å². The Kier molecular flexibility index (Phi) is 4.35. The van der Waals surface area contributed by atoms with Crippen molar-refractivity contribution in [2.75, 3.05) is 0 Å². The fourth-order valence-corrected chi connectivity index (χ4v) is 2.36. The van der Waals surface area contributed by atoms with E-state index >= 15 is 0 Å². The second kappa shape index (κ2) is 5.70. The molecule has 0 unspecified atom stereocenters. The summed E-state index contributed by atoms with van der Waals surface area (Å²) in [5.74, 6) is 0. The molecule has 1 aromatic heterocycles. The SMILES string of the molecule is Cc1ncn(-c2cc(Br)ccc2CNC(C)(C)C)c1C. The molecule has 0 saturated carbocycles. The van der Waals surface area contributed by atoms with Gasteiger partial charge in [0.15, 0.2) is 0 Å². The topological polar surface area (TPSA) is 29.9 Å². The van der Waals surface area contributed by atoms with Crippen LogP contribution in [0, 0.1) is 13.8 Å². The molecule has 0 amide bonds. The van der Waals surface area contributed by atoms with E-state index in [0.29, 0.717) is 0 Å². The summed E-state index contributed by atoms with van der Waals surface area (Å²) in [6, 6.07) is 6.39. The molecule has 0 radical (unpaired) electrons. The molecule has 0 aliphatic heterocycles. The summed E-state index contributed by atoms with van der Waals surface area (Å²) in [4.78, 5) is 4.40. The molecule has 20 heavy (non-hydrogen) atoms. The van der Waals surface area contributed by atoms with Gasteiger partial charge in [-0.2, -0.15) is 0 Å². The molecule has 0 aliphatic rings. The van der Waals surface area contributed by atoms with Crippen molar-refractivity contribution in [2.45, 2.75) is 46.7 Å². The van der Waals surface area contributed by atoms with Gasteiger partial charge in [0.25, 0.3) is 0 Å². The van der Waals surface area contributed by atoms with Gasteiger partial charge in [-0.3, -0.25) is 0 Å². The smallest absolute Gasteiger partial charge is 0.0997 e. The maximum Gasteiger partial charge on any atom is 0.0997 e. The Morgan fingerprint density at radius 3 is 2.50 bits per heavy atom. The van der Waals surface area contributed by atoms with E-state index in [1.54, 1.807) is 0 Å². The van der Waals surface area contributed by atoms with Crippen LogP contribution in [0.1, 0.15) is 37.7 Å². The molecule has 0 spiro atoms. The quantitative estimate of drug-likeness (QED) is 0.913. The summed E-state index contributed by atoms with van der Waals surface area (Å²) in [5.41, 5.74) is 4.79. The van der Waals surface area contributed by atoms with Gasteiger partial charge in [-0.15, -0.1) is 0 Å². The van der Waals surface area contributed by atoms with E-state index in [1.165, 1.54) is 16.9 Å². The highest BCUT2D eigenvalue weighted by Crippen LogP contribution is 2.23. The van der Waals surface area contributed by atoms with E-state index in [2.05, 4.69) is 76.7 Å². The van der Waals surface area contributed by atoms with Crippen LogP contribution >= 0.6 is 15.9 Å². The Morgan fingerprint density at radius 1 is 1.25 bits per heavy atom. The Morgan fingerprint density at radius 2 is 1.95 bits per heavy atom. The predicted molar refractivity (Wildman–Crippen MR) is 87.3 cm³/mol. The van der Waals surface area contributed by atoms with E-state index in [0.717, 1.165) is 16.7 Å². The first kappa shape index (κ1) is 15.3. The predicted octanol–water partition coefficient (Wildman–Crippen LogP) is 4.14. The molecular weight excluding hydrogens is 314 g/mol. The molecule has 2 rings (SSSR count). The molecule has 4 heteroatoms. The largest absolute Gasteiger partial charge is 0.308 e. The van der Waals surface area contributed by atoms with Crippen molar-refractivity contribution in [1.82, 2.24) is 14.9 Å². The molecule has 0 atom stereocenters. The number of nitrogens with one attached hydrogen (secondary N) is 1. The molecule has 0 aliphatic carbocycles. The van der Waals surface area contributed by atoms with E-state index in [4.69, 9.17) is 0 Å². The number of aryl methyl sites for hydroxylation is 1. The van der Waals surface area contributed by atoms with Crippen molar-refractivity contribution in [1.29, 1.82) is 0 Å². The zero-order valence-corrected chi connectivity index (χ0v) is 14.4. The lowest BCUT2D eigenvalue weighted by Crippen LogP contribution is -2.35.